The van der Waals surface area contributed by atoms with Gasteiger partial charge in [-0.3, -0.25) is 0 Å². The molecular weight excluding hydrogens is 231 g/mol. The molecule has 80 valence electrons. The number of nitriles is 1. The molecular formula is C11H12Cl2N2. The van der Waals surface area contributed by atoms with Crippen LogP contribution in [-0.4, -0.2) is 18.5 Å². The third kappa shape index (κ3) is 3.71. The van der Waals surface area contributed by atoms with Crippen molar-refractivity contribution < 1.29 is 0 Å². The van der Waals surface area contributed by atoms with Crippen molar-refractivity contribution in [2.24, 2.45) is 0 Å². The van der Waals surface area contributed by atoms with Gasteiger partial charge in [-0.1, -0.05) is 29.3 Å². The third-order valence-corrected chi connectivity index (χ3v) is 2.80. The second kappa shape index (κ2) is 5.97. The molecule has 0 atom stereocenters. The lowest BCUT2D eigenvalue weighted by Gasteiger charge is -2.16. The second-order valence-electron chi connectivity index (χ2n) is 3.35. The maximum Gasteiger partial charge on any atom is 0.0635 e. The lowest BCUT2D eigenvalue weighted by atomic mass is 10.2. The van der Waals surface area contributed by atoms with Gasteiger partial charge in [-0.2, -0.15) is 5.26 Å². The Labute approximate surface area is 100 Å². The summed E-state index contributed by atoms with van der Waals surface area (Å²) >= 11 is 12.1. The van der Waals surface area contributed by atoms with E-state index in [1.54, 1.807) is 0 Å². The molecule has 0 spiro atoms. The summed E-state index contributed by atoms with van der Waals surface area (Å²) in [5.41, 5.74) is 0.918. The first-order valence-corrected chi connectivity index (χ1v) is 5.39. The van der Waals surface area contributed by atoms with E-state index in [1.807, 2.05) is 30.1 Å². The van der Waals surface area contributed by atoms with Gasteiger partial charge in [0.05, 0.1) is 6.07 Å². The van der Waals surface area contributed by atoms with Crippen LogP contribution in [0.5, 0.6) is 0 Å². The van der Waals surface area contributed by atoms with Crippen molar-refractivity contribution in [3.63, 3.8) is 0 Å². The molecule has 0 aliphatic carbocycles. The molecule has 15 heavy (non-hydrogen) atoms. The van der Waals surface area contributed by atoms with Crippen LogP contribution in [0.2, 0.25) is 10.0 Å². The molecule has 2 nitrogen and oxygen atoms in total. The molecule has 0 aromatic heterocycles. The van der Waals surface area contributed by atoms with E-state index in [0.29, 0.717) is 23.0 Å². The number of benzene rings is 1. The fourth-order valence-corrected chi connectivity index (χ4v) is 1.79. The van der Waals surface area contributed by atoms with Crippen LogP contribution >= 0.6 is 23.2 Å². The summed E-state index contributed by atoms with van der Waals surface area (Å²) in [5.74, 6) is 0. The summed E-state index contributed by atoms with van der Waals surface area (Å²) in [5, 5.41) is 9.81. The van der Waals surface area contributed by atoms with E-state index in [9.17, 15) is 0 Å². The Bertz CT molecular complexity index is 351. The van der Waals surface area contributed by atoms with Gasteiger partial charge in [-0.15, -0.1) is 0 Å². The second-order valence-corrected chi connectivity index (χ2v) is 4.16. The summed E-state index contributed by atoms with van der Waals surface area (Å²) in [7, 11) is 1.94. The molecule has 0 N–H and O–H groups in total. The quantitative estimate of drug-likeness (QED) is 0.810. The SMILES string of the molecule is CN(CCC#N)Cc1c(Cl)cccc1Cl. The molecule has 4 heteroatoms. The standard InChI is InChI=1S/C11H12Cl2N2/c1-15(7-3-6-14)8-9-10(12)4-2-5-11(9)13/h2,4-5H,3,7-8H2,1H3. The van der Waals surface area contributed by atoms with Crippen molar-refractivity contribution >= 4 is 23.2 Å². The zero-order valence-electron chi connectivity index (χ0n) is 8.50. The van der Waals surface area contributed by atoms with Crippen LogP contribution in [0.15, 0.2) is 18.2 Å². The first-order valence-electron chi connectivity index (χ1n) is 4.63. The molecule has 0 radical (unpaired) electrons. The van der Waals surface area contributed by atoms with Gasteiger partial charge >= 0.3 is 0 Å². The van der Waals surface area contributed by atoms with Crippen LogP contribution in [0.1, 0.15) is 12.0 Å². The van der Waals surface area contributed by atoms with Crippen LogP contribution in [0.25, 0.3) is 0 Å². The molecule has 0 saturated heterocycles. The van der Waals surface area contributed by atoms with E-state index >= 15 is 0 Å². The normalized spacial score (nSPS) is 10.3. The van der Waals surface area contributed by atoms with Gasteiger partial charge in [0, 0.05) is 35.1 Å². The van der Waals surface area contributed by atoms with Crippen molar-refractivity contribution in [3.05, 3.63) is 33.8 Å². The number of nitrogens with zero attached hydrogens (tertiary/aromatic N) is 2. The molecule has 0 fully saturated rings. The van der Waals surface area contributed by atoms with Gasteiger partial charge in [-0.05, 0) is 19.2 Å². The van der Waals surface area contributed by atoms with Crippen molar-refractivity contribution in [3.8, 4) is 6.07 Å². The van der Waals surface area contributed by atoms with Crippen LogP contribution in [0, 0.1) is 11.3 Å². The summed E-state index contributed by atoms with van der Waals surface area (Å²) in [4.78, 5) is 2.02. The Morgan fingerprint density at radius 3 is 2.47 bits per heavy atom. The van der Waals surface area contributed by atoms with Gasteiger partial charge in [0.15, 0.2) is 0 Å². The summed E-state index contributed by atoms with van der Waals surface area (Å²) < 4.78 is 0. The topological polar surface area (TPSA) is 27.0 Å². The maximum atomic E-state index is 8.46. The molecule has 0 amide bonds. The average Bonchev–Trinajstić information content (AvgIpc) is 2.21. The number of halogens is 2. The van der Waals surface area contributed by atoms with E-state index in [1.165, 1.54) is 0 Å². The lowest BCUT2D eigenvalue weighted by molar-refractivity contribution is 0.335. The van der Waals surface area contributed by atoms with Gasteiger partial charge < -0.3 is 4.90 Å². The first-order chi connectivity index (χ1) is 7.15. The van der Waals surface area contributed by atoms with Gasteiger partial charge in [0.1, 0.15) is 0 Å². The highest BCUT2D eigenvalue weighted by Gasteiger charge is 2.07. The van der Waals surface area contributed by atoms with E-state index in [4.69, 9.17) is 28.5 Å². The predicted molar refractivity (Wildman–Crippen MR) is 63.0 cm³/mol. The number of hydrogen-bond donors (Lipinski definition) is 0. The lowest BCUT2D eigenvalue weighted by Crippen LogP contribution is -2.19. The summed E-state index contributed by atoms with van der Waals surface area (Å²) in [6.07, 6.45) is 0.512. The van der Waals surface area contributed by atoms with Crippen LogP contribution in [0.4, 0.5) is 0 Å². The minimum atomic E-state index is 0.512. The van der Waals surface area contributed by atoms with Gasteiger partial charge in [0.2, 0.25) is 0 Å². The average molecular weight is 243 g/mol. The summed E-state index contributed by atoms with van der Waals surface area (Å²) in [6, 6.07) is 7.57. The Hall–Kier alpha value is -0.750. The zero-order chi connectivity index (χ0) is 11.3. The molecule has 0 bridgehead atoms. The Morgan fingerprint density at radius 1 is 1.33 bits per heavy atom. The molecule has 0 aliphatic rings. The number of hydrogen-bond acceptors (Lipinski definition) is 2. The van der Waals surface area contributed by atoms with Crippen LogP contribution < -0.4 is 0 Å². The van der Waals surface area contributed by atoms with E-state index in [2.05, 4.69) is 6.07 Å². The van der Waals surface area contributed by atoms with E-state index in [0.717, 1.165) is 12.1 Å². The highest BCUT2D eigenvalue weighted by molar-refractivity contribution is 6.35. The maximum absolute atomic E-state index is 8.46. The van der Waals surface area contributed by atoms with Crippen LogP contribution in [0.3, 0.4) is 0 Å². The van der Waals surface area contributed by atoms with Crippen molar-refractivity contribution in [1.29, 1.82) is 5.26 Å². The minimum Gasteiger partial charge on any atom is -0.301 e. The molecule has 0 aliphatic heterocycles. The smallest absolute Gasteiger partial charge is 0.0635 e. The first kappa shape index (κ1) is 12.3. The predicted octanol–water partition coefficient (Wildman–Crippen LogP) is 3.34. The molecule has 1 aromatic carbocycles. The third-order valence-electron chi connectivity index (χ3n) is 2.10. The highest BCUT2D eigenvalue weighted by Crippen LogP contribution is 2.25. The monoisotopic (exact) mass is 242 g/mol. The Kier molecular flexibility index (Phi) is 4.90. The fourth-order valence-electron chi connectivity index (χ4n) is 1.27. The highest BCUT2D eigenvalue weighted by atomic mass is 35.5. The van der Waals surface area contributed by atoms with Crippen molar-refractivity contribution in [1.82, 2.24) is 4.90 Å². The van der Waals surface area contributed by atoms with Crippen molar-refractivity contribution in [2.45, 2.75) is 13.0 Å². The molecule has 0 saturated carbocycles. The zero-order valence-corrected chi connectivity index (χ0v) is 10.0. The van der Waals surface area contributed by atoms with Crippen molar-refractivity contribution in [2.75, 3.05) is 13.6 Å². The summed E-state index contributed by atoms with van der Waals surface area (Å²) in [6.45, 7) is 1.39. The minimum absolute atomic E-state index is 0.512. The van der Waals surface area contributed by atoms with E-state index in [-0.39, 0.29) is 0 Å². The molecule has 0 unspecified atom stereocenters. The van der Waals surface area contributed by atoms with Crippen LogP contribution in [-0.2, 0) is 6.54 Å². The Balaban J connectivity index is 2.68. The molecule has 1 rings (SSSR count). The number of rotatable bonds is 4. The van der Waals surface area contributed by atoms with Gasteiger partial charge in [-0.25, -0.2) is 0 Å². The van der Waals surface area contributed by atoms with E-state index < -0.39 is 0 Å². The fraction of sp³-hybridized carbons (Fsp3) is 0.364. The van der Waals surface area contributed by atoms with Gasteiger partial charge in [0.25, 0.3) is 0 Å². The largest absolute Gasteiger partial charge is 0.301 e. The molecule has 0 heterocycles. The Morgan fingerprint density at radius 2 is 1.93 bits per heavy atom. The molecule has 1 aromatic rings.